The van der Waals surface area contributed by atoms with Crippen LogP contribution in [-0.2, 0) is 0 Å². The largest absolute Gasteiger partial charge is 0.325 e. The third kappa shape index (κ3) is 1.32. The maximum absolute atomic E-state index is 5.61. The number of rotatable bonds is 0. The molecular formula is C5H12ClN. The summed E-state index contributed by atoms with van der Waals surface area (Å²) in [6.07, 6.45) is 1.22. The fraction of sp³-hybridized carbons (Fsp3) is 1.00. The molecule has 7 heavy (non-hydrogen) atoms. The van der Waals surface area contributed by atoms with Gasteiger partial charge >= 0.3 is 0 Å². The highest BCUT2D eigenvalue weighted by Crippen LogP contribution is 2.39. The van der Waals surface area contributed by atoms with Gasteiger partial charge in [0.25, 0.3) is 0 Å². The zero-order valence-corrected chi connectivity index (χ0v) is 5.59. The van der Waals surface area contributed by atoms with E-state index in [2.05, 4.69) is 13.8 Å². The lowest BCUT2D eigenvalue weighted by atomic mass is 10.3. The minimum Gasteiger partial charge on any atom is -0.325 e. The standard InChI is InChI=1S/C5H11N.ClH/c1-4-3-5(4,2)6;/h4H,3,6H2,1-2H3;1H/t4-,5-;/m0./s1. The predicted molar refractivity (Wildman–Crippen MR) is 33.6 cm³/mol. The van der Waals surface area contributed by atoms with Gasteiger partial charge in [-0.05, 0) is 19.3 Å². The summed E-state index contributed by atoms with van der Waals surface area (Å²) in [6, 6.07) is 0. The van der Waals surface area contributed by atoms with Crippen molar-refractivity contribution in [2.75, 3.05) is 0 Å². The van der Waals surface area contributed by atoms with Crippen LogP contribution in [0.25, 0.3) is 0 Å². The van der Waals surface area contributed by atoms with Crippen molar-refractivity contribution in [2.45, 2.75) is 25.8 Å². The maximum atomic E-state index is 5.61. The van der Waals surface area contributed by atoms with Gasteiger partial charge < -0.3 is 5.73 Å². The molecule has 0 amide bonds. The topological polar surface area (TPSA) is 26.0 Å². The first-order chi connectivity index (χ1) is 2.63. The quantitative estimate of drug-likeness (QED) is 0.512. The molecule has 1 rings (SSSR count). The van der Waals surface area contributed by atoms with E-state index < -0.39 is 0 Å². The molecule has 1 fully saturated rings. The van der Waals surface area contributed by atoms with Crippen LogP contribution < -0.4 is 5.73 Å². The van der Waals surface area contributed by atoms with Crippen LogP contribution in [0.15, 0.2) is 0 Å². The lowest BCUT2D eigenvalue weighted by Crippen LogP contribution is -2.18. The van der Waals surface area contributed by atoms with E-state index in [1.54, 1.807) is 0 Å². The molecule has 0 saturated heterocycles. The molecule has 0 unspecified atom stereocenters. The molecule has 0 radical (unpaired) electrons. The van der Waals surface area contributed by atoms with Gasteiger partial charge in [0, 0.05) is 5.54 Å². The highest BCUT2D eigenvalue weighted by Gasteiger charge is 2.42. The van der Waals surface area contributed by atoms with Crippen LogP contribution in [0.3, 0.4) is 0 Å². The lowest BCUT2D eigenvalue weighted by Gasteiger charge is -1.93. The molecule has 1 nitrogen and oxygen atoms in total. The van der Waals surface area contributed by atoms with Crippen molar-refractivity contribution >= 4 is 12.4 Å². The number of hydrogen-bond donors (Lipinski definition) is 1. The average molecular weight is 122 g/mol. The summed E-state index contributed by atoms with van der Waals surface area (Å²) in [4.78, 5) is 0. The molecule has 0 aromatic heterocycles. The second kappa shape index (κ2) is 1.64. The second-order valence-electron chi connectivity index (χ2n) is 2.61. The molecule has 0 spiro atoms. The fourth-order valence-electron chi connectivity index (χ4n) is 0.601. The molecule has 2 N–H and O–H groups in total. The number of halogens is 1. The minimum absolute atomic E-state index is 0. The van der Waals surface area contributed by atoms with Gasteiger partial charge in [-0.15, -0.1) is 12.4 Å². The van der Waals surface area contributed by atoms with Gasteiger partial charge in [0.15, 0.2) is 0 Å². The molecule has 0 bridgehead atoms. The summed E-state index contributed by atoms with van der Waals surface area (Å²) < 4.78 is 0. The van der Waals surface area contributed by atoms with Crippen molar-refractivity contribution in [2.24, 2.45) is 11.7 Å². The Morgan fingerprint density at radius 2 is 1.86 bits per heavy atom. The Balaban J connectivity index is 0.000000360. The van der Waals surface area contributed by atoms with Gasteiger partial charge in [-0.3, -0.25) is 0 Å². The fourth-order valence-corrected chi connectivity index (χ4v) is 0.601. The summed E-state index contributed by atoms with van der Waals surface area (Å²) in [7, 11) is 0. The van der Waals surface area contributed by atoms with Crippen LogP contribution in [0, 0.1) is 5.92 Å². The van der Waals surface area contributed by atoms with E-state index in [-0.39, 0.29) is 17.9 Å². The monoisotopic (exact) mass is 121 g/mol. The predicted octanol–water partition coefficient (Wildman–Crippen LogP) is 1.17. The van der Waals surface area contributed by atoms with Crippen molar-refractivity contribution in [3.05, 3.63) is 0 Å². The molecular weight excluding hydrogens is 110 g/mol. The normalized spacial score (nSPS) is 47.6. The van der Waals surface area contributed by atoms with Crippen molar-refractivity contribution in [1.29, 1.82) is 0 Å². The van der Waals surface area contributed by atoms with Gasteiger partial charge in [0.1, 0.15) is 0 Å². The summed E-state index contributed by atoms with van der Waals surface area (Å²) in [5.41, 5.74) is 5.82. The lowest BCUT2D eigenvalue weighted by molar-refractivity contribution is 0.686. The first kappa shape index (κ1) is 7.25. The van der Waals surface area contributed by atoms with E-state index in [1.165, 1.54) is 6.42 Å². The van der Waals surface area contributed by atoms with Gasteiger partial charge in [-0.1, -0.05) is 6.92 Å². The summed E-state index contributed by atoms with van der Waals surface area (Å²) in [6.45, 7) is 4.28. The molecule has 1 aliphatic rings. The third-order valence-corrected chi connectivity index (χ3v) is 1.71. The van der Waals surface area contributed by atoms with E-state index in [9.17, 15) is 0 Å². The Bertz CT molecular complexity index is 70.5. The van der Waals surface area contributed by atoms with Crippen molar-refractivity contribution in [1.82, 2.24) is 0 Å². The third-order valence-electron chi connectivity index (χ3n) is 1.71. The average Bonchev–Trinajstić information content (AvgIpc) is 1.73. The Kier molecular flexibility index (Phi) is 1.70. The molecule has 1 aliphatic carbocycles. The van der Waals surface area contributed by atoms with Crippen LogP contribution in [0.4, 0.5) is 0 Å². The van der Waals surface area contributed by atoms with Crippen LogP contribution in [0.5, 0.6) is 0 Å². The highest BCUT2D eigenvalue weighted by atomic mass is 35.5. The van der Waals surface area contributed by atoms with Crippen molar-refractivity contribution < 1.29 is 0 Å². The molecule has 0 heterocycles. The van der Waals surface area contributed by atoms with Crippen LogP contribution in [0.2, 0.25) is 0 Å². The first-order valence-electron chi connectivity index (χ1n) is 2.42. The molecule has 0 aromatic carbocycles. The molecule has 44 valence electrons. The zero-order chi connectivity index (χ0) is 4.78. The van der Waals surface area contributed by atoms with Crippen LogP contribution >= 0.6 is 12.4 Å². The Hall–Kier alpha value is 0.250. The maximum Gasteiger partial charge on any atom is 0.0155 e. The molecule has 1 saturated carbocycles. The van der Waals surface area contributed by atoms with Crippen LogP contribution in [-0.4, -0.2) is 5.54 Å². The molecule has 2 atom stereocenters. The zero-order valence-electron chi connectivity index (χ0n) is 4.77. The van der Waals surface area contributed by atoms with Crippen molar-refractivity contribution in [3.8, 4) is 0 Å². The number of hydrogen-bond acceptors (Lipinski definition) is 1. The van der Waals surface area contributed by atoms with E-state index in [4.69, 9.17) is 5.73 Å². The Morgan fingerprint density at radius 3 is 1.86 bits per heavy atom. The number of nitrogens with two attached hydrogens (primary N) is 1. The first-order valence-corrected chi connectivity index (χ1v) is 2.42. The molecule has 2 heteroatoms. The van der Waals surface area contributed by atoms with Gasteiger partial charge in [-0.2, -0.15) is 0 Å². The van der Waals surface area contributed by atoms with Crippen molar-refractivity contribution in [3.63, 3.8) is 0 Å². The summed E-state index contributed by atoms with van der Waals surface area (Å²) in [5.74, 6) is 0.775. The summed E-state index contributed by atoms with van der Waals surface area (Å²) >= 11 is 0. The van der Waals surface area contributed by atoms with E-state index >= 15 is 0 Å². The van der Waals surface area contributed by atoms with Gasteiger partial charge in [0.05, 0.1) is 0 Å². The van der Waals surface area contributed by atoms with Gasteiger partial charge in [-0.25, -0.2) is 0 Å². The molecule has 0 aromatic rings. The van der Waals surface area contributed by atoms with Gasteiger partial charge in [0.2, 0.25) is 0 Å². The SMILES string of the molecule is C[C@H]1C[C@]1(C)N.Cl. The second-order valence-corrected chi connectivity index (χ2v) is 2.61. The smallest absolute Gasteiger partial charge is 0.0155 e. The summed E-state index contributed by atoms with van der Waals surface area (Å²) in [5, 5.41) is 0. The van der Waals surface area contributed by atoms with E-state index in [1.807, 2.05) is 0 Å². The Morgan fingerprint density at radius 1 is 1.71 bits per heavy atom. The Labute approximate surface area is 50.7 Å². The van der Waals surface area contributed by atoms with Crippen LogP contribution in [0.1, 0.15) is 20.3 Å². The van der Waals surface area contributed by atoms with E-state index in [0.717, 1.165) is 5.92 Å². The van der Waals surface area contributed by atoms with E-state index in [0.29, 0.717) is 0 Å². The highest BCUT2D eigenvalue weighted by molar-refractivity contribution is 5.85. The molecule has 0 aliphatic heterocycles. The minimum atomic E-state index is 0.